The summed E-state index contributed by atoms with van der Waals surface area (Å²) in [6, 6.07) is 2.32. The second-order valence-corrected chi connectivity index (χ2v) is 8.18. The number of ether oxygens (including phenoxy) is 1. The number of halogens is 6. The quantitative estimate of drug-likeness (QED) is 0.210. The fraction of sp³-hybridized carbons (Fsp3) is 0.385. The number of fused-ring (bicyclic) bond motifs is 1. The van der Waals surface area contributed by atoms with Crippen LogP contribution < -0.4 is 0 Å². The van der Waals surface area contributed by atoms with Gasteiger partial charge in [0.2, 0.25) is 0 Å². The molecule has 1 aromatic carbocycles. The van der Waals surface area contributed by atoms with E-state index in [0.717, 1.165) is 31.6 Å². The molecule has 0 saturated heterocycles. The maximum absolute atomic E-state index is 15.1. The number of hydrogen-bond donors (Lipinski definition) is 0. The molecule has 0 aromatic heterocycles. The first-order valence-electron chi connectivity index (χ1n) is 10.5. The van der Waals surface area contributed by atoms with E-state index in [1.165, 1.54) is 11.6 Å². The topological polar surface area (TPSA) is 9.23 Å². The monoisotopic (exact) mass is 470 g/mol. The van der Waals surface area contributed by atoms with Gasteiger partial charge in [0.05, 0.1) is 18.2 Å². The molecule has 1 aliphatic rings. The van der Waals surface area contributed by atoms with Crippen molar-refractivity contribution < 1.29 is 31.1 Å². The summed E-state index contributed by atoms with van der Waals surface area (Å²) < 4.78 is 93.6. The van der Waals surface area contributed by atoms with Crippen molar-refractivity contribution in [2.75, 3.05) is 7.11 Å². The third-order valence-electron chi connectivity index (χ3n) is 5.67. The molecule has 0 N–H and O–H groups in total. The molecule has 0 bridgehead atoms. The Morgan fingerprint density at radius 2 is 1.61 bits per heavy atom. The van der Waals surface area contributed by atoms with Crippen molar-refractivity contribution in [1.82, 2.24) is 0 Å². The Kier molecular flexibility index (Phi) is 8.09. The third kappa shape index (κ3) is 4.97. The van der Waals surface area contributed by atoms with Crippen LogP contribution in [0.4, 0.5) is 26.3 Å². The molecule has 0 unspecified atom stereocenters. The van der Waals surface area contributed by atoms with Crippen LogP contribution in [-0.4, -0.2) is 13.0 Å². The highest BCUT2D eigenvalue weighted by Gasteiger charge is 2.66. The van der Waals surface area contributed by atoms with Crippen molar-refractivity contribution in [2.45, 2.75) is 58.3 Å². The van der Waals surface area contributed by atoms with E-state index in [-0.39, 0.29) is 12.0 Å². The van der Waals surface area contributed by atoms with Gasteiger partial charge in [-0.15, -0.1) is 0 Å². The Labute approximate surface area is 190 Å². The zero-order chi connectivity index (χ0) is 25.1. The molecule has 180 valence electrons. The normalized spacial score (nSPS) is 19.3. The van der Waals surface area contributed by atoms with E-state index in [4.69, 9.17) is 0 Å². The van der Waals surface area contributed by atoms with Crippen LogP contribution in [0.2, 0.25) is 0 Å². The second kappa shape index (κ2) is 10.1. The van der Waals surface area contributed by atoms with Crippen LogP contribution in [0.5, 0.6) is 0 Å². The number of methoxy groups -OCH3 is 1. The van der Waals surface area contributed by atoms with E-state index in [1.54, 1.807) is 0 Å². The average molecular weight is 470 g/mol. The highest BCUT2D eigenvalue weighted by Crippen LogP contribution is 2.58. The lowest BCUT2D eigenvalue weighted by Crippen LogP contribution is -2.45. The van der Waals surface area contributed by atoms with Crippen molar-refractivity contribution >= 4 is 5.57 Å². The lowest BCUT2D eigenvalue weighted by Gasteiger charge is -2.37. The smallest absolute Gasteiger partial charge is 0.343 e. The predicted octanol–water partition coefficient (Wildman–Crippen LogP) is 8.59. The van der Waals surface area contributed by atoms with E-state index < -0.39 is 51.5 Å². The molecule has 1 aliphatic carbocycles. The summed E-state index contributed by atoms with van der Waals surface area (Å²) in [6.07, 6.45) is 6.13. The van der Waals surface area contributed by atoms with E-state index in [0.29, 0.717) is 6.42 Å². The van der Waals surface area contributed by atoms with E-state index in [2.05, 4.69) is 24.8 Å². The fourth-order valence-electron chi connectivity index (χ4n) is 3.69. The molecule has 2 rings (SSSR count). The van der Waals surface area contributed by atoms with Crippen LogP contribution in [0.15, 0.2) is 65.7 Å². The number of benzene rings is 1. The summed E-state index contributed by atoms with van der Waals surface area (Å²) in [5.74, 6) is -14.1. The first-order chi connectivity index (χ1) is 15.3. The van der Waals surface area contributed by atoms with Gasteiger partial charge in [-0.2, -0.15) is 17.6 Å². The summed E-state index contributed by atoms with van der Waals surface area (Å²) in [6.45, 7) is 12.3. The van der Waals surface area contributed by atoms with Gasteiger partial charge in [0.1, 0.15) is 11.6 Å². The SMILES string of the molecule is C=C(OC)/C(F)=C1\C(=C)c2ccc(CC/C(C)=C/C=C(\C)CCC)c(F)c2C(F)(F)C1(F)F. The molecule has 33 heavy (non-hydrogen) atoms. The van der Waals surface area contributed by atoms with E-state index >= 15 is 4.39 Å². The van der Waals surface area contributed by atoms with E-state index in [9.17, 15) is 22.0 Å². The van der Waals surface area contributed by atoms with Gasteiger partial charge < -0.3 is 4.74 Å². The molecule has 7 heteroatoms. The molecular weight excluding hydrogens is 442 g/mol. The van der Waals surface area contributed by atoms with Gasteiger partial charge in [-0.25, -0.2) is 8.78 Å². The zero-order valence-electron chi connectivity index (χ0n) is 19.2. The molecule has 0 radical (unpaired) electrons. The van der Waals surface area contributed by atoms with Gasteiger partial charge in [-0.05, 0) is 49.8 Å². The number of aryl methyl sites for hydroxylation is 1. The number of hydrogen-bond acceptors (Lipinski definition) is 1. The Morgan fingerprint density at radius 3 is 2.15 bits per heavy atom. The van der Waals surface area contributed by atoms with Crippen molar-refractivity contribution in [3.8, 4) is 0 Å². The molecule has 1 aromatic rings. The van der Waals surface area contributed by atoms with Crippen LogP contribution in [0.25, 0.3) is 5.57 Å². The Morgan fingerprint density at radius 1 is 1.03 bits per heavy atom. The molecule has 0 fully saturated rings. The molecular formula is C26H28F6O. The summed E-state index contributed by atoms with van der Waals surface area (Å²) in [5, 5.41) is 0. The van der Waals surface area contributed by atoms with Crippen molar-refractivity contribution in [3.05, 3.63) is 88.3 Å². The van der Waals surface area contributed by atoms with Crippen LogP contribution in [0, 0.1) is 5.82 Å². The summed E-state index contributed by atoms with van der Waals surface area (Å²) in [4.78, 5) is 0. The Hall–Kier alpha value is -2.70. The maximum Gasteiger partial charge on any atom is 0.343 e. The lowest BCUT2D eigenvalue weighted by molar-refractivity contribution is -0.195. The Balaban J connectivity index is 2.50. The van der Waals surface area contributed by atoms with Gasteiger partial charge in [0.15, 0.2) is 5.83 Å². The number of rotatable bonds is 8. The van der Waals surface area contributed by atoms with Crippen LogP contribution in [0.1, 0.15) is 56.7 Å². The predicted molar refractivity (Wildman–Crippen MR) is 119 cm³/mol. The molecule has 0 amide bonds. The van der Waals surface area contributed by atoms with Crippen LogP contribution >= 0.6 is 0 Å². The summed E-state index contributed by atoms with van der Waals surface area (Å²) in [5.41, 5.74) is -2.53. The molecule has 0 atom stereocenters. The number of alkyl halides is 4. The molecule has 1 nitrogen and oxygen atoms in total. The minimum atomic E-state index is -5.06. The van der Waals surface area contributed by atoms with E-state index in [1.807, 2.05) is 26.0 Å². The molecule has 0 saturated carbocycles. The van der Waals surface area contributed by atoms with Crippen LogP contribution in [0.3, 0.4) is 0 Å². The van der Waals surface area contributed by atoms with Gasteiger partial charge in [0, 0.05) is 0 Å². The minimum Gasteiger partial charge on any atom is -0.494 e. The highest BCUT2D eigenvalue weighted by atomic mass is 19.3. The van der Waals surface area contributed by atoms with Gasteiger partial charge in [-0.1, -0.05) is 61.9 Å². The summed E-state index contributed by atoms with van der Waals surface area (Å²) >= 11 is 0. The molecule has 0 aliphatic heterocycles. The largest absolute Gasteiger partial charge is 0.494 e. The van der Waals surface area contributed by atoms with Crippen LogP contribution in [-0.2, 0) is 17.1 Å². The van der Waals surface area contributed by atoms with Gasteiger partial charge in [-0.3, -0.25) is 0 Å². The zero-order valence-corrected chi connectivity index (χ0v) is 19.2. The van der Waals surface area contributed by atoms with Gasteiger partial charge >= 0.3 is 11.8 Å². The molecule has 0 spiro atoms. The van der Waals surface area contributed by atoms with Crippen molar-refractivity contribution in [1.29, 1.82) is 0 Å². The first-order valence-corrected chi connectivity index (χ1v) is 10.5. The second-order valence-electron chi connectivity index (χ2n) is 8.18. The highest BCUT2D eigenvalue weighted by molar-refractivity contribution is 5.85. The Bertz CT molecular complexity index is 1040. The fourth-order valence-corrected chi connectivity index (χ4v) is 3.69. The average Bonchev–Trinajstić information content (AvgIpc) is 2.74. The standard InChI is InChI=1S/C26H28F6O/c1-7-8-15(2)9-10-16(3)11-12-19-13-14-20-17(4)21(23(27)18(5)33-6)25(29,30)26(31,32)22(20)24(19)28/h9-10,13-14H,4-5,7-8,11-12H2,1-3,6H3/b15-9+,16-10+,23-21-. The maximum atomic E-state index is 15.1. The minimum absolute atomic E-state index is 0.0355. The molecule has 0 heterocycles. The van der Waals surface area contributed by atoms with Crippen molar-refractivity contribution in [2.24, 2.45) is 0 Å². The first kappa shape index (κ1) is 26.6. The third-order valence-corrected chi connectivity index (χ3v) is 5.67. The van der Waals surface area contributed by atoms with Crippen molar-refractivity contribution in [3.63, 3.8) is 0 Å². The van der Waals surface area contributed by atoms with Gasteiger partial charge in [0.25, 0.3) is 0 Å². The number of allylic oxidation sites excluding steroid dienone is 7. The summed E-state index contributed by atoms with van der Waals surface area (Å²) in [7, 11) is 0.960. The lowest BCUT2D eigenvalue weighted by atomic mass is 9.77.